The number of alkyl carbamates (subject to hydrolysis) is 1. The van der Waals surface area contributed by atoms with Crippen LogP contribution in [0.1, 0.15) is 32.6 Å². The highest BCUT2D eigenvalue weighted by Crippen LogP contribution is 2.34. The summed E-state index contributed by atoms with van der Waals surface area (Å²) >= 11 is 0. The summed E-state index contributed by atoms with van der Waals surface area (Å²) in [5, 5.41) is 2.67. The summed E-state index contributed by atoms with van der Waals surface area (Å²) in [4.78, 5) is 25.5. The zero-order valence-corrected chi connectivity index (χ0v) is 10.4. The maximum absolute atomic E-state index is 12.3. The molecule has 2 atom stereocenters. The quantitative estimate of drug-likeness (QED) is 0.804. The third-order valence-corrected chi connectivity index (χ3v) is 3.65. The minimum atomic E-state index is -0.512. The number of hydrogen-bond acceptors (Lipinski definition) is 3. The highest BCUT2D eigenvalue weighted by Gasteiger charge is 2.41. The Labute approximate surface area is 101 Å². The molecule has 96 valence electrons. The van der Waals surface area contributed by atoms with Gasteiger partial charge in [-0.05, 0) is 38.5 Å². The molecule has 2 amide bonds. The van der Waals surface area contributed by atoms with E-state index in [-0.39, 0.29) is 11.9 Å². The van der Waals surface area contributed by atoms with Gasteiger partial charge in [0.05, 0.1) is 7.11 Å². The number of carbonyl (C=O) groups is 2. The molecule has 0 aromatic heterocycles. The average Bonchev–Trinajstić information content (AvgIpc) is 3.07. The summed E-state index contributed by atoms with van der Waals surface area (Å²) in [6.07, 6.45) is 3.64. The van der Waals surface area contributed by atoms with Crippen LogP contribution in [0.15, 0.2) is 0 Å². The Balaban J connectivity index is 1.99. The predicted octanol–water partition coefficient (Wildman–Crippen LogP) is 1.13. The number of amides is 2. The Kier molecular flexibility index (Phi) is 3.54. The van der Waals surface area contributed by atoms with Gasteiger partial charge in [-0.15, -0.1) is 0 Å². The lowest BCUT2D eigenvalue weighted by Gasteiger charge is -2.27. The third-order valence-electron chi connectivity index (χ3n) is 3.65. The molecule has 1 aliphatic carbocycles. The number of nitrogens with one attached hydrogen (secondary N) is 1. The maximum atomic E-state index is 12.3. The lowest BCUT2D eigenvalue weighted by Crippen LogP contribution is -2.50. The SMILES string of the molecule is COC(=O)N[C@H](C(=O)N1CCC[C@H]1C)C1CC1. The van der Waals surface area contributed by atoms with E-state index in [4.69, 9.17) is 0 Å². The van der Waals surface area contributed by atoms with E-state index >= 15 is 0 Å². The third kappa shape index (κ3) is 2.70. The fourth-order valence-electron chi connectivity index (χ4n) is 2.44. The zero-order chi connectivity index (χ0) is 12.4. The second kappa shape index (κ2) is 4.94. The molecular weight excluding hydrogens is 220 g/mol. The van der Waals surface area contributed by atoms with Gasteiger partial charge in [-0.25, -0.2) is 4.79 Å². The van der Waals surface area contributed by atoms with Crippen molar-refractivity contribution >= 4 is 12.0 Å². The molecule has 17 heavy (non-hydrogen) atoms. The summed E-state index contributed by atoms with van der Waals surface area (Å²) in [6.45, 7) is 2.87. The minimum absolute atomic E-state index is 0.0582. The van der Waals surface area contributed by atoms with Crippen LogP contribution in [0.25, 0.3) is 0 Å². The first-order chi connectivity index (χ1) is 8.13. The number of nitrogens with zero attached hydrogens (tertiary/aromatic N) is 1. The van der Waals surface area contributed by atoms with Crippen molar-refractivity contribution in [3.8, 4) is 0 Å². The van der Waals surface area contributed by atoms with E-state index in [0.29, 0.717) is 12.0 Å². The summed E-state index contributed by atoms with van der Waals surface area (Å²) in [6, 6.07) is -0.0915. The molecule has 1 saturated carbocycles. The molecule has 0 radical (unpaired) electrons. The molecule has 0 aromatic rings. The minimum Gasteiger partial charge on any atom is -0.453 e. The first-order valence-corrected chi connectivity index (χ1v) is 6.28. The number of hydrogen-bond donors (Lipinski definition) is 1. The van der Waals surface area contributed by atoms with Gasteiger partial charge >= 0.3 is 6.09 Å². The lowest BCUT2D eigenvalue weighted by atomic mass is 10.1. The van der Waals surface area contributed by atoms with Crippen molar-refractivity contribution in [3.63, 3.8) is 0 Å². The summed E-state index contributed by atoms with van der Waals surface area (Å²) < 4.78 is 4.58. The molecule has 1 N–H and O–H groups in total. The molecule has 0 unspecified atom stereocenters. The van der Waals surface area contributed by atoms with Crippen LogP contribution in [0.5, 0.6) is 0 Å². The van der Waals surface area contributed by atoms with Crippen molar-refractivity contribution in [2.45, 2.75) is 44.7 Å². The molecule has 1 heterocycles. The van der Waals surface area contributed by atoms with Gasteiger partial charge in [-0.1, -0.05) is 0 Å². The van der Waals surface area contributed by atoms with Crippen LogP contribution in [0.4, 0.5) is 4.79 Å². The average molecular weight is 240 g/mol. The lowest BCUT2D eigenvalue weighted by molar-refractivity contribution is -0.134. The van der Waals surface area contributed by atoms with Gasteiger partial charge in [-0.3, -0.25) is 4.79 Å². The predicted molar refractivity (Wildman–Crippen MR) is 62.5 cm³/mol. The van der Waals surface area contributed by atoms with Crippen molar-refractivity contribution < 1.29 is 14.3 Å². The molecule has 1 saturated heterocycles. The fraction of sp³-hybridized carbons (Fsp3) is 0.833. The van der Waals surface area contributed by atoms with Crippen molar-refractivity contribution in [2.24, 2.45) is 5.92 Å². The zero-order valence-electron chi connectivity index (χ0n) is 10.4. The van der Waals surface area contributed by atoms with Crippen molar-refractivity contribution in [1.29, 1.82) is 0 Å². The van der Waals surface area contributed by atoms with Gasteiger partial charge in [0.2, 0.25) is 5.91 Å². The summed E-state index contributed by atoms with van der Waals surface area (Å²) in [5.41, 5.74) is 0. The number of rotatable bonds is 3. The van der Waals surface area contributed by atoms with E-state index in [2.05, 4.69) is 17.0 Å². The normalized spacial score (nSPS) is 25.5. The maximum Gasteiger partial charge on any atom is 0.407 e. The largest absolute Gasteiger partial charge is 0.453 e. The van der Waals surface area contributed by atoms with E-state index in [0.717, 1.165) is 32.2 Å². The number of ether oxygens (including phenoxy) is 1. The van der Waals surface area contributed by atoms with Crippen LogP contribution in [0.3, 0.4) is 0 Å². The Morgan fingerprint density at radius 1 is 1.35 bits per heavy atom. The van der Waals surface area contributed by atoms with E-state index in [1.807, 2.05) is 4.90 Å². The van der Waals surface area contributed by atoms with Crippen molar-refractivity contribution in [2.75, 3.05) is 13.7 Å². The standard InChI is InChI=1S/C12H20N2O3/c1-8-4-3-7-14(8)11(15)10(9-5-6-9)13-12(16)17-2/h8-10H,3-7H2,1-2H3,(H,13,16)/t8-,10+/m1/s1. The van der Waals surface area contributed by atoms with E-state index in [9.17, 15) is 9.59 Å². The fourth-order valence-corrected chi connectivity index (χ4v) is 2.44. The first-order valence-electron chi connectivity index (χ1n) is 6.28. The van der Waals surface area contributed by atoms with Gasteiger partial charge in [0, 0.05) is 12.6 Å². The topological polar surface area (TPSA) is 58.6 Å². The monoisotopic (exact) mass is 240 g/mol. The van der Waals surface area contributed by atoms with E-state index in [1.54, 1.807) is 0 Å². The van der Waals surface area contributed by atoms with Gasteiger partial charge in [0.1, 0.15) is 6.04 Å². The number of methoxy groups -OCH3 is 1. The van der Waals surface area contributed by atoms with Crippen LogP contribution in [0, 0.1) is 5.92 Å². The van der Waals surface area contributed by atoms with Crippen LogP contribution in [0.2, 0.25) is 0 Å². The van der Waals surface area contributed by atoms with Gasteiger partial charge in [0.15, 0.2) is 0 Å². The molecule has 0 aromatic carbocycles. The van der Waals surface area contributed by atoms with E-state index < -0.39 is 6.09 Å². The van der Waals surface area contributed by atoms with Crippen molar-refractivity contribution in [3.05, 3.63) is 0 Å². The highest BCUT2D eigenvalue weighted by atomic mass is 16.5. The Bertz CT molecular complexity index is 315. The smallest absolute Gasteiger partial charge is 0.407 e. The molecule has 0 spiro atoms. The van der Waals surface area contributed by atoms with Crippen molar-refractivity contribution in [1.82, 2.24) is 10.2 Å². The highest BCUT2D eigenvalue weighted by molar-refractivity contribution is 5.86. The Hall–Kier alpha value is -1.26. The second-order valence-corrected chi connectivity index (χ2v) is 4.97. The number of carbonyl (C=O) groups excluding carboxylic acids is 2. The molecule has 2 rings (SSSR count). The first kappa shape index (κ1) is 12.2. The molecule has 0 bridgehead atoms. The Morgan fingerprint density at radius 2 is 2.06 bits per heavy atom. The van der Waals surface area contributed by atoms with Gasteiger partial charge in [-0.2, -0.15) is 0 Å². The summed E-state index contributed by atoms with van der Waals surface area (Å²) in [7, 11) is 1.32. The van der Waals surface area contributed by atoms with Gasteiger partial charge < -0.3 is 15.0 Å². The summed E-state index contributed by atoms with van der Waals surface area (Å²) in [5.74, 6) is 0.359. The van der Waals surface area contributed by atoms with Gasteiger partial charge in [0.25, 0.3) is 0 Å². The molecule has 5 heteroatoms. The van der Waals surface area contributed by atoms with Crippen LogP contribution < -0.4 is 5.32 Å². The second-order valence-electron chi connectivity index (χ2n) is 4.97. The molecule has 2 aliphatic rings. The molecule has 2 fully saturated rings. The Morgan fingerprint density at radius 3 is 2.53 bits per heavy atom. The van der Waals surface area contributed by atoms with Crippen LogP contribution in [-0.4, -0.2) is 42.6 Å². The van der Waals surface area contributed by atoms with E-state index in [1.165, 1.54) is 7.11 Å². The van der Waals surface area contributed by atoms with Crippen LogP contribution in [-0.2, 0) is 9.53 Å². The van der Waals surface area contributed by atoms with Crippen LogP contribution >= 0.6 is 0 Å². The molecule has 5 nitrogen and oxygen atoms in total. The molecular formula is C12H20N2O3. The number of likely N-dealkylation sites (tertiary alicyclic amines) is 1. The molecule has 1 aliphatic heterocycles.